The van der Waals surface area contributed by atoms with Crippen LogP contribution in [0.3, 0.4) is 0 Å². The highest BCUT2D eigenvalue weighted by atomic mass is 28.5. The molecular weight excluding hydrogens is 751 g/mol. The Morgan fingerprint density at radius 1 is 0.912 bits per heavy atom. The smallest absolute Gasteiger partial charge is 0.351 e. The van der Waals surface area contributed by atoms with E-state index in [0.29, 0.717) is 0 Å². The fraction of sp³-hybridized carbons (Fsp3) is 0.667. The topological polar surface area (TPSA) is 121 Å². The van der Waals surface area contributed by atoms with Crippen LogP contribution < -0.4 is 11.0 Å². The molecule has 0 unspecified atom stereocenters. The number of aromatic nitrogens is 2. The lowest BCUT2D eigenvalue weighted by atomic mass is 10.0. The first-order chi connectivity index (χ1) is 26.0. The van der Waals surface area contributed by atoms with Gasteiger partial charge in [0.05, 0.1) is 6.61 Å². The van der Waals surface area contributed by atoms with E-state index in [1.54, 1.807) is 0 Å². The van der Waals surface area contributed by atoms with Crippen molar-refractivity contribution >= 4 is 28.8 Å². The lowest BCUT2D eigenvalue weighted by Gasteiger charge is -2.60. The van der Waals surface area contributed by atoms with Crippen molar-refractivity contribution in [3.8, 4) is 0 Å². The maximum atomic E-state index is 13.5. The number of carbonyl (C=O) groups is 1. The SMILES string of the molecule is CC(/C=C/C=C(\C)CCCC(C)C)=C\C=C\C(C)=C\C(=O)Nc1ccn([C@@H]2O[C@@H]3CO[Si](C(C)(C)C)(C(C)(C)C)O[Si](C(C)(C)C)(C(C)(C)C)O[C@H]3[C@@H]2O)c(=O)n1. The van der Waals surface area contributed by atoms with E-state index in [2.05, 4.69) is 132 Å². The van der Waals surface area contributed by atoms with Gasteiger partial charge in [-0.2, -0.15) is 4.98 Å². The van der Waals surface area contributed by atoms with Crippen LogP contribution >= 0.6 is 0 Å². The Morgan fingerprint density at radius 3 is 2.02 bits per heavy atom. The Hall–Kier alpha value is -2.72. The van der Waals surface area contributed by atoms with Crippen LogP contribution in [0.5, 0.6) is 0 Å². The molecule has 0 aliphatic carbocycles. The molecule has 4 atom stereocenters. The summed E-state index contributed by atoms with van der Waals surface area (Å²) in [5.41, 5.74) is 2.51. The second kappa shape index (κ2) is 18.7. The standard InChI is InChI=1S/C45H75N3O7Si2/c1-31(2)21-18-22-32(3)23-19-24-33(4)25-20-26-34(5)29-37(49)46-36-27-28-48(41(51)47-36)40-38(50)39-35(53-40)30-52-56(42(6,7)8,43(9,10)11)55-57(54-39,44(12,13)14)45(15,16)17/h19-20,23-29,31,35,38-40,50H,18,21-22,30H2,1-17H3,(H,46,47,49,51)/b24-19+,26-20+,32-23+,33-25+,34-29+/t35-,38+,39-,40-/m1/s1. The summed E-state index contributed by atoms with van der Waals surface area (Å²) < 4.78 is 29.7. The Kier molecular flexibility index (Phi) is 16.0. The Balaban J connectivity index is 1.81. The Labute approximate surface area is 346 Å². The quantitative estimate of drug-likeness (QED) is 0.129. The van der Waals surface area contributed by atoms with Gasteiger partial charge in [-0.25, -0.2) is 4.79 Å². The van der Waals surface area contributed by atoms with Crippen molar-refractivity contribution in [3.05, 3.63) is 82.0 Å². The minimum absolute atomic E-state index is 0.0900. The van der Waals surface area contributed by atoms with E-state index in [9.17, 15) is 14.7 Å². The number of allylic oxidation sites excluding steroid dienone is 9. The zero-order valence-corrected chi connectivity index (χ0v) is 40.2. The van der Waals surface area contributed by atoms with E-state index < -0.39 is 63.3 Å². The number of rotatable bonds is 11. The van der Waals surface area contributed by atoms with Gasteiger partial charge in [0.2, 0.25) is 5.91 Å². The van der Waals surface area contributed by atoms with Crippen LogP contribution in [0.4, 0.5) is 5.82 Å². The number of hydrogen-bond donors (Lipinski definition) is 2. The Bertz CT molecular complexity index is 1740. The number of hydrogen-bond acceptors (Lipinski definition) is 8. The molecule has 0 saturated carbocycles. The van der Waals surface area contributed by atoms with E-state index in [1.807, 2.05) is 32.1 Å². The van der Waals surface area contributed by atoms with Crippen LogP contribution in [0, 0.1) is 5.92 Å². The molecule has 12 heteroatoms. The van der Waals surface area contributed by atoms with Gasteiger partial charge in [0, 0.05) is 32.4 Å². The maximum absolute atomic E-state index is 13.5. The molecule has 10 nitrogen and oxygen atoms in total. The average molecular weight is 826 g/mol. The highest BCUT2D eigenvalue weighted by Gasteiger charge is 2.71. The maximum Gasteiger partial charge on any atom is 0.351 e. The van der Waals surface area contributed by atoms with Crippen molar-refractivity contribution in [1.82, 2.24) is 9.55 Å². The van der Waals surface area contributed by atoms with Gasteiger partial charge in [0.1, 0.15) is 24.1 Å². The number of amides is 1. The third kappa shape index (κ3) is 11.7. The molecule has 0 bridgehead atoms. The summed E-state index contributed by atoms with van der Waals surface area (Å²) in [5, 5.41) is 13.1. The summed E-state index contributed by atoms with van der Waals surface area (Å²) in [6.45, 7) is 36.6. The predicted molar refractivity (Wildman–Crippen MR) is 238 cm³/mol. The third-order valence-electron chi connectivity index (χ3n) is 10.8. The van der Waals surface area contributed by atoms with E-state index >= 15 is 0 Å². The molecule has 0 spiro atoms. The molecule has 57 heavy (non-hydrogen) atoms. The fourth-order valence-corrected chi connectivity index (χ4v) is 22.4. The lowest BCUT2D eigenvalue weighted by Crippen LogP contribution is -2.72. The average Bonchev–Trinajstić information content (AvgIpc) is 3.31. The number of anilines is 1. The van der Waals surface area contributed by atoms with Gasteiger partial charge in [0.25, 0.3) is 0 Å². The molecule has 2 fully saturated rings. The molecule has 2 saturated heterocycles. The number of fused-ring (bicyclic) bond motifs is 1. The number of ether oxygens (including phenoxy) is 1. The van der Waals surface area contributed by atoms with E-state index in [4.69, 9.17) is 17.7 Å². The van der Waals surface area contributed by atoms with Crippen molar-refractivity contribution in [2.45, 2.75) is 182 Å². The molecule has 3 heterocycles. The Morgan fingerprint density at radius 2 is 1.47 bits per heavy atom. The van der Waals surface area contributed by atoms with Crippen molar-refractivity contribution in [3.63, 3.8) is 0 Å². The summed E-state index contributed by atoms with van der Waals surface area (Å²) in [6, 6.07) is 1.52. The molecule has 1 aromatic rings. The van der Waals surface area contributed by atoms with Gasteiger partial charge in [-0.15, -0.1) is 0 Å². The highest BCUT2D eigenvalue weighted by Crippen LogP contribution is 2.62. The van der Waals surface area contributed by atoms with Gasteiger partial charge >= 0.3 is 22.8 Å². The number of aliphatic hydroxyl groups excluding tert-OH is 1. The summed E-state index contributed by atoms with van der Waals surface area (Å²) in [7, 11) is -6.48. The minimum Gasteiger partial charge on any atom is -0.413 e. The van der Waals surface area contributed by atoms with Crippen LogP contribution in [0.2, 0.25) is 20.2 Å². The van der Waals surface area contributed by atoms with Gasteiger partial charge in [-0.1, -0.05) is 151 Å². The number of aliphatic hydroxyl groups is 1. The molecule has 2 N–H and O–H groups in total. The van der Waals surface area contributed by atoms with Crippen LogP contribution in [0.25, 0.3) is 0 Å². The summed E-state index contributed by atoms with van der Waals surface area (Å²) >= 11 is 0. The van der Waals surface area contributed by atoms with E-state index in [0.717, 1.165) is 23.5 Å². The molecule has 0 aromatic carbocycles. The second-order valence-corrected chi connectivity index (χ2v) is 30.4. The summed E-state index contributed by atoms with van der Waals surface area (Å²) in [5.74, 6) is 0.403. The molecule has 2 aliphatic rings. The molecule has 320 valence electrons. The fourth-order valence-electron chi connectivity index (χ4n) is 8.26. The van der Waals surface area contributed by atoms with Crippen molar-refractivity contribution in [2.75, 3.05) is 11.9 Å². The molecule has 2 aliphatic heterocycles. The van der Waals surface area contributed by atoms with E-state index in [-0.39, 0.29) is 22.5 Å². The number of nitrogens with one attached hydrogen (secondary N) is 1. The second-order valence-electron chi connectivity index (χ2n) is 20.6. The van der Waals surface area contributed by atoms with Gasteiger partial charge in [-0.05, 0) is 51.2 Å². The van der Waals surface area contributed by atoms with Gasteiger partial charge in [-0.3, -0.25) is 9.36 Å². The largest absolute Gasteiger partial charge is 0.413 e. The summed E-state index contributed by atoms with van der Waals surface area (Å²) in [4.78, 5) is 30.5. The van der Waals surface area contributed by atoms with Crippen molar-refractivity contribution in [1.29, 1.82) is 0 Å². The first-order valence-electron chi connectivity index (χ1n) is 20.7. The van der Waals surface area contributed by atoms with Crippen LogP contribution in [-0.4, -0.2) is 62.6 Å². The molecule has 3 rings (SSSR count). The zero-order chi connectivity index (χ0) is 43.4. The lowest BCUT2D eigenvalue weighted by molar-refractivity contribution is -0.112. The van der Waals surface area contributed by atoms with E-state index in [1.165, 1.54) is 41.3 Å². The van der Waals surface area contributed by atoms with Crippen LogP contribution in [0.1, 0.15) is 143 Å². The summed E-state index contributed by atoms with van der Waals surface area (Å²) in [6.07, 6.45) is 14.7. The highest BCUT2D eigenvalue weighted by molar-refractivity contribution is 6.86. The predicted octanol–water partition coefficient (Wildman–Crippen LogP) is 10.7. The van der Waals surface area contributed by atoms with Crippen LogP contribution in [-0.2, 0) is 22.5 Å². The van der Waals surface area contributed by atoms with Crippen molar-refractivity contribution < 1.29 is 27.6 Å². The third-order valence-corrected chi connectivity index (χ3v) is 22.2. The number of nitrogens with zero attached hydrogens (tertiary/aromatic N) is 2. The molecule has 1 aromatic heterocycles. The van der Waals surface area contributed by atoms with Crippen molar-refractivity contribution in [2.24, 2.45) is 5.92 Å². The monoisotopic (exact) mass is 826 g/mol. The van der Waals surface area contributed by atoms with Gasteiger partial charge < -0.3 is 28.1 Å². The number of carbonyl (C=O) groups excluding carboxylic acids is 1. The first-order valence-corrected chi connectivity index (χ1v) is 24.3. The zero-order valence-electron chi connectivity index (χ0n) is 38.2. The molecular formula is C45H75N3O7Si2. The van der Waals surface area contributed by atoms with Crippen LogP contribution in [0.15, 0.2) is 76.3 Å². The minimum atomic E-state index is -3.34. The molecule has 1 amide bonds. The first kappa shape index (κ1) is 48.7. The molecule has 0 radical (unpaired) electrons. The normalized spacial score (nSPS) is 24.2. The van der Waals surface area contributed by atoms with Gasteiger partial charge in [0.15, 0.2) is 6.23 Å².